The Kier molecular flexibility index (Phi) is 4.91. The fourth-order valence-corrected chi connectivity index (χ4v) is 4.39. The van der Waals surface area contributed by atoms with Gasteiger partial charge in [0.15, 0.2) is 0 Å². The predicted molar refractivity (Wildman–Crippen MR) is 126 cm³/mol. The molecule has 2 aliphatic heterocycles. The van der Waals surface area contributed by atoms with Crippen LogP contribution in [0.15, 0.2) is 69.3 Å². The standard InChI is InChI=1S/C23H14BrClN4O3/c1-12-18(23(32)28(27-12)14-7-5-13(25)6-8-14)11-26-29-21(30)16-4-2-3-15-19(24)10-9-17(20(15)16)22(29)31/h2-11,18H,1H3/b26-11+. The van der Waals surface area contributed by atoms with Crippen LogP contribution in [-0.4, -0.2) is 34.7 Å². The summed E-state index contributed by atoms with van der Waals surface area (Å²) >= 11 is 9.38. The zero-order valence-corrected chi connectivity index (χ0v) is 19.0. The van der Waals surface area contributed by atoms with Crippen molar-refractivity contribution in [2.75, 3.05) is 5.01 Å². The van der Waals surface area contributed by atoms with E-state index in [0.717, 1.165) is 14.9 Å². The maximum Gasteiger partial charge on any atom is 0.282 e. The highest BCUT2D eigenvalue weighted by atomic mass is 79.9. The van der Waals surface area contributed by atoms with Crippen molar-refractivity contribution < 1.29 is 14.4 Å². The molecule has 0 radical (unpaired) electrons. The Morgan fingerprint density at radius 2 is 1.69 bits per heavy atom. The minimum Gasteiger partial charge on any atom is -0.271 e. The Balaban J connectivity index is 1.46. The maximum absolute atomic E-state index is 13.0. The van der Waals surface area contributed by atoms with Crippen LogP contribution >= 0.6 is 27.5 Å². The molecule has 0 aliphatic carbocycles. The number of nitrogens with zero attached hydrogens (tertiary/aromatic N) is 4. The van der Waals surface area contributed by atoms with Crippen LogP contribution in [0.1, 0.15) is 27.6 Å². The number of hydrazone groups is 2. The summed E-state index contributed by atoms with van der Waals surface area (Å²) in [6.07, 6.45) is 1.29. The molecule has 5 rings (SSSR count). The number of benzene rings is 3. The molecule has 0 aromatic heterocycles. The average molecular weight is 510 g/mol. The number of amides is 3. The lowest BCUT2D eigenvalue weighted by molar-refractivity contribution is -0.118. The Morgan fingerprint density at radius 3 is 2.41 bits per heavy atom. The van der Waals surface area contributed by atoms with Crippen LogP contribution in [0, 0.1) is 5.92 Å². The fraction of sp³-hybridized carbons (Fsp3) is 0.0870. The molecule has 2 heterocycles. The zero-order chi connectivity index (χ0) is 22.6. The third-order valence-corrected chi connectivity index (χ3v) is 6.36. The molecule has 3 aromatic carbocycles. The smallest absolute Gasteiger partial charge is 0.271 e. The summed E-state index contributed by atoms with van der Waals surface area (Å²) in [5.74, 6) is -2.22. The zero-order valence-electron chi connectivity index (χ0n) is 16.6. The lowest BCUT2D eigenvalue weighted by Crippen LogP contribution is -2.37. The van der Waals surface area contributed by atoms with Crippen LogP contribution in [0.4, 0.5) is 5.69 Å². The predicted octanol–water partition coefficient (Wildman–Crippen LogP) is 4.88. The van der Waals surface area contributed by atoms with E-state index in [-0.39, 0.29) is 5.91 Å². The minimum absolute atomic E-state index is 0.336. The average Bonchev–Trinajstić information content (AvgIpc) is 3.07. The van der Waals surface area contributed by atoms with Gasteiger partial charge in [0.2, 0.25) is 0 Å². The first kappa shape index (κ1) is 20.5. The number of hydrogen-bond acceptors (Lipinski definition) is 5. The number of rotatable bonds is 3. The van der Waals surface area contributed by atoms with Gasteiger partial charge in [0, 0.05) is 21.1 Å². The number of halogens is 2. The van der Waals surface area contributed by atoms with Crippen molar-refractivity contribution in [3.05, 3.63) is 75.2 Å². The van der Waals surface area contributed by atoms with E-state index in [2.05, 4.69) is 26.1 Å². The van der Waals surface area contributed by atoms with Gasteiger partial charge in [-0.15, -0.1) is 0 Å². The van der Waals surface area contributed by atoms with E-state index in [9.17, 15) is 14.4 Å². The highest BCUT2D eigenvalue weighted by Crippen LogP contribution is 2.34. The molecule has 1 atom stereocenters. The second-order valence-electron chi connectivity index (χ2n) is 7.36. The summed E-state index contributed by atoms with van der Waals surface area (Å²) in [6, 6.07) is 15.4. The molecule has 0 saturated carbocycles. The molecule has 0 N–H and O–H groups in total. The number of hydrogen-bond donors (Lipinski definition) is 0. The minimum atomic E-state index is -0.798. The molecule has 3 aromatic rings. The van der Waals surface area contributed by atoms with E-state index >= 15 is 0 Å². The van der Waals surface area contributed by atoms with Crippen molar-refractivity contribution >= 4 is 73.6 Å². The van der Waals surface area contributed by atoms with Crippen LogP contribution in [0.25, 0.3) is 10.8 Å². The fourth-order valence-electron chi connectivity index (χ4n) is 3.80. The van der Waals surface area contributed by atoms with Crippen molar-refractivity contribution in [3.63, 3.8) is 0 Å². The molecule has 7 nitrogen and oxygen atoms in total. The van der Waals surface area contributed by atoms with Gasteiger partial charge in [-0.2, -0.15) is 20.2 Å². The van der Waals surface area contributed by atoms with Crippen LogP contribution < -0.4 is 5.01 Å². The number of anilines is 1. The Morgan fingerprint density at radius 1 is 1.00 bits per heavy atom. The normalized spacial score (nSPS) is 18.3. The summed E-state index contributed by atoms with van der Waals surface area (Å²) in [4.78, 5) is 39.0. The summed E-state index contributed by atoms with van der Waals surface area (Å²) in [5, 5.41) is 12.4. The molecule has 0 saturated heterocycles. The molecule has 0 spiro atoms. The van der Waals surface area contributed by atoms with Crippen LogP contribution in [0.2, 0.25) is 5.02 Å². The highest BCUT2D eigenvalue weighted by molar-refractivity contribution is 9.10. The first-order valence-electron chi connectivity index (χ1n) is 9.65. The third kappa shape index (κ3) is 3.14. The summed E-state index contributed by atoms with van der Waals surface area (Å²) in [5.41, 5.74) is 1.81. The van der Waals surface area contributed by atoms with Gasteiger partial charge in [-0.3, -0.25) is 14.4 Å². The maximum atomic E-state index is 13.0. The molecule has 0 bridgehead atoms. The molecular formula is C23H14BrClN4O3. The van der Waals surface area contributed by atoms with E-state index in [1.165, 1.54) is 11.2 Å². The van der Waals surface area contributed by atoms with Crippen LogP contribution in [-0.2, 0) is 4.79 Å². The van der Waals surface area contributed by atoms with E-state index in [4.69, 9.17) is 11.6 Å². The molecular weight excluding hydrogens is 496 g/mol. The molecule has 2 aliphatic rings. The van der Waals surface area contributed by atoms with Crippen LogP contribution in [0.3, 0.4) is 0 Å². The largest absolute Gasteiger partial charge is 0.282 e. The Labute approximate surface area is 196 Å². The molecule has 3 amide bonds. The first-order valence-corrected chi connectivity index (χ1v) is 10.8. The summed E-state index contributed by atoms with van der Waals surface area (Å²) < 4.78 is 0.793. The SMILES string of the molecule is CC1=NN(c2ccc(Cl)cc2)C(=O)C1/C=N/N1C(=O)c2cccc3c(Br)ccc(c23)C1=O. The van der Waals surface area contributed by atoms with Gasteiger partial charge in [-0.1, -0.05) is 39.7 Å². The summed E-state index contributed by atoms with van der Waals surface area (Å²) in [7, 11) is 0. The Bertz CT molecular complexity index is 1360. The second kappa shape index (κ2) is 7.65. The number of imide groups is 1. The van der Waals surface area contributed by atoms with E-state index < -0.39 is 17.7 Å². The second-order valence-corrected chi connectivity index (χ2v) is 8.65. The molecule has 32 heavy (non-hydrogen) atoms. The Hall–Kier alpha value is -3.36. The van der Waals surface area contributed by atoms with Crippen molar-refractivity contribution in [1.29, 1.82) is 0 Å². The molecule has 158 valence electrons. The van der Waals surface area contributed by atoms with Crippen molar-refractivity contribution in [2.45, 2.75) is 6.92 Å². The molecule has 9 heteroatoms. The summed E-state index contributed by atoms with van der Waals surface area (Å²) in [6.45, 7) is 1.69. The van der Waals surface area contributed by atoms with Gasteiger partial charge >= 0.3 is 0 Å². The van der Waals surface area contributed by atoms with Gasteiger partial charge < -0.3 is 0 Å². The van der Waals surface area contributed by atoms with Gasteiger partial charge in [0.1, 0.15) is 5.92 Å². The van der Waals surface area contributed by atoms with Crippen molar-refractivity contribution in [2.24, 2.45) is 16.1 Å². The van der Waals surface area contributed by atoms with E-state index in [1.54, 1.807) is 55.5 Å². The first-order chi connectivity index (χ1) is 15.4. The van der Waals surface area contributed by atoms with Crippen molar-refractivity contribution in [3.8, 4) is 0 Å². The molecule has 1 unspecified atom stereocenters. The topological polar surface area (TPSA) is 82.4 Å². The lowest BCUT2D eigenvalue weighted by Gasteiger charge is -2.23. The third-order valence-electron chi connectivity index (χ3n) is 5.42. The lowest BCUT2D eigenvalue weighted by atomic mass is 9.95. The van der Waals surface area contributed by atoms with Gasteiger partial charge in [-0.05, 0) is 54.8 Å². The monoisotopic (exact) mass is 508 g/mol. The highest BCUT2D eigenvalue weighted by Gasteiger charge is 2.36. The number of carbonyl (C=O) groups excluding carboxylic acids is 3. The van der Waals surface area contributed by atoms with Crippen LogP contribution in [0.5, 0.6) is 0 Å². The quantitative estimate of drug-likeness (QED) is 0.373. The van der Waals surface area contributed by atoms with Gasteiger partial charge in [0.25, 0.3) is 17.7 Å². The number of carbonyl (C=O) groups is 3. The van der Waals surface area contributed by atoms with Gasteiger partial charge in [-0.25, -0.2) is 0 Å². The van der Waals surface area contributed by atoms with E-state index in [1.807, 2.05) is 6.07 Å². The van der Waals surface area contributed by atoms with Crippen molar-refractivity contribution in [1.82, 2.24) is 5.01 Å². The van der Waals surface area contributed by atoms with Gasteiger partial charge in [0.05, 0.1) is 22.5 Å². The molecule has 0 fully saturated rings. The van der Waals surface area contributed by atoms with E-state index in [0.29, 0.717) is 32.9 Å².